The van der Waals surface area contributed by atoms with E-state index in [9.17, 15) is 4.79 Å². The number of allylic oxidation sites excluding steroid dienone is 4. The highest BCUT2D eigenvalue weighted by Gasteiger charge is 2.25. The molecule has 0 fully saturated rings. The lowest BCUT2D eigenvalue weighted by Gasteiger charge is -2.25. The van der Waals surface area contributed by atoms with Crippen LogP contribution in [0.4, 0.5) is 15.9 Å². The first-order chi connectivity index (χ1) is 27.2. The molecule has 3 heterocycles. The molecular weight excluding hydrogens is 716 g/mol. The average Bonchev–Trinajstić information content (AvgIpc) is 3.31. The number of aryl methyl sites for hydroxylation is 1. The molecule has 0 aliphatic carbocycles. The van der Waals surface area contributed by atoms with Crippen LogP contribution in [0.25, 0.3) is 0 Å². The Kier molecular flexibility index (Phi) is 24.5. The summed E-state index contributed by atoms with van der Waals surface area (Å²) in [5.74, 6) is 4.31. The number of amidine groups is 1. The quantitative estimate of drug-likeness (QED) is 0.123. The van der Waals surface area contributed by atoms with E-state index in [0.29, 0.717) is 41.5 Å². The average molecular weight is 789 g/mol. The molecule has 0 saturated heterocycles. The number of aromatic nitrogens is 1. The summed E-state index contributed by atoms with van der Waals surface area (Å²) in [6.07, 6.45) is 18.6. The van der Waals surface area contributed by atoms with Crippen LogP contribution in [0, 0.1) is 30.5 Å². The lowest BCUT2D eigenvalue weighted by molar-refractivity contribution is -0.112. The van der Waals surface area contributed by atoms with Gasteiger partial charge in [0.15, 0.2) is 23.2 Å². The number of carbonyl (C=O) groups is 1. The number of hydrogen-bond acceptors (Lipinski definition) is 8. The second kappa shape index (κ2) is 27.8. The number of nitrogens with zero attached hydrogens (tertiary/aromatic N) is 5. The second-order valence-corrected chi connectivity index (χ2v) is 15.0. The summed E-state index contributed by atoms with van der Waals surface area (Å²) in [5, 5.41) is 9.57. The maximum atomic E-state index is 15.5. The summed E-state index contributed by atoms with van der Waals surface area (Å²) in [6.45, 7) is 31.0. The predicted molar refractivity (Wildman–Crippen MR) is 241 cm³/mol. The van der Waals surface area contributed by atoms with Crippen molar-refractivity contribution in [3.63, 3.8) is 0 Å². The van der Waals surface area contributed by atoms with Crippen LogP contribution in [-0.4, -0.2) is 53.6 Å². The molecule has 2 aliphatic heterocycles. The van der Waals surface area contributed by atoms with Gasteiger partial charge in [-0.1, -0.05) is 94.7 Å². The molecular formula is C47H73FN6O3. The van der Waals surface area contributed by atoms with Gasteiger partial charge in [0, 0.05) is 43.7 Å². The fourth-order valence-corrected chi connectivity index (χ4v) is 5.12. The lowest BCUT2D eigenvalue weighted by Crippen LogP contribution is -2.30. The Hall–Kier alpha value is -4.73. The molecule has 10 heteroatoms. The van der Waals surface area contributed by atoms with Gasteiger partial charge in [0.25, 0.3) is 0 Å². The third-order valence-electron chi connectivity index (χ3n) is 7.79. The number of halogens is 1. The number of ketones is 1. The third-order valence-corrected chi connectivity index (χ3v) is 7.79. The molecule has 2 unspecified atom stereocenters. The van der Waals surface area contributed by atoms with Crippen LogP contribution < -0.4 is 19.7 Å². The zero-order valence-corrected chi connectivity index (χ0v) is 37.5. The van der Waals surface area contributed by atoms with Crippen LogP contribution >= 0.6 is 0 Å². The molecule has 0 spiro atoms. The number of benzene rings is 1. The van der Waals surface area contributed by atoms with E-state index in [1.54, 1.807) is 31.3 Å². The zero-order valence-electron chi connectivity index (χ0n) is 37.5. The standard InChI is InChI=1S/C35H47FN6O2.C6H10O.C4H10.C2H6/c1-8-10-15-37-34(33-26(6)18-32-35(40-33)41(16-11-9-2)22-25(5)23-43-32)39-31-13-12-28(20-30(31)36)44-29-14-17-42(27(7)19-29)38-21-24(3)4;1-3-4-5-6(2)7;1-4(2)3;1-2/h10,12-15,17-21,24-25,27H,8-9,11,16,22-23H2,1-7H3,(H,37,39);4-5H,3H2,1-2H3;4H,1-3H3;1-2H3/b15-10+,38-21-;5-4+;;. The van der Waals surface area contributed by atoms with E-state index in [-0.39, 0.29) is 17.5 Å². The number of hydrogen-bond donors (Lipinski definition) is 1. The molecule has 1 aromatic heterocycles. The van der Waals surface area contributed by atoms with Gasteiger partial charge in [0.05, 0.1) is 18.3 Å². The Labute approximate surface area is 344 Å². The molecule has 0 saturated carbocycles. The lowest BCUT2D eigenvalue weighted by atomic mass is 10.1. The van der Waals surface area contributed by atoms with Crippen molar-refractivity contribution in [2.24, 2.45) is 27.8 Å². The van der Waals surface area contributed by atoms with E-state index in [4.69, 9.17) is 14.5 Å². The predicted octanol–water partition coefficient (Wildman–Crippen LogP) is 12.3. The highest BCUT2D eigenvalue weighted by molar-refractivity contribution is 6.08. The summed E-state index contributed by atoms with van der Waals surface area (Å²) in [7, 11) is 0. The maximum Gasteiger partial charge on any atom is 0.172 e. The summed E-state index contributed by atoms with van der Waals surface area (Å²) in [4.78, 5) is 22.2. The largest absolute Gasteiger partial charge is 0.489 e. The molecule has 2 atom stereocenters. The minimum absolute atomic E-state index is 0.00824. The van der Waals surface area contributed by atoms with Crippen molar-refractivity contribution in [2.45, 2.75) is 129 Å². The van der Waals surface area contributed by atoms with E-state index < -0.39 is 5.82 Å². The zero-order chi connectivity index (χ0) is 42.9. The first-order valence-electron chi connectivity index (χ1n) is 20.9. The fourth-order valence-electron chi connectivity index (χ4n) is 5.12. The van der Waals surface area contributed by atoms with Gasteiger partial charge in [-0.05, 0) is 93.9 Å². The van der Waals surface area contributed by atoms with Gasteiger partial charge >= 0.3 is 0 Å². The first kappa shape index (κ1) is 50.3. The molecule has 0 radical (unpaired) electrons. The molecule has 1 N–H and O–H groups in total. The van der Waals surface area contributed by atoms with E-state index in [2.05, 4.69) is 68.8 Å². The van der Waals surface area contributed by atoms with Gasteiger partial charge in [0.2, 0.25) is 0 Å². The van der Waals surface area contributed by atoms with Gasteiger partial charge in [0.1, 0.15) is 23.0 Å². The Morgan fingerprint density at radius 1 is 1.09 bits per heavy atom. The van der Waals surface area contributed by atoms with Gasteiger partial charge < -0.3 is 19.7 Å². The number of pyridine rings is 1. The summed E-state index contributed by atoms with van der Waals surface area (Å²) >= 11 is 0. The number of ether oxygens (including phenoxy) is 2. The molecule has 2 aromatic rings. The molecule has 4 rings (SSSR count). The van der Waals surface area contributed by atoms with Crippen LogP contribution in [0.15, 0.2) is 82.9 Å². The minimum atomic E-state index is -0.458. The summed E-state index contributed by atoms with van der Waals surface area (Å²) in [6, 6.07) is 6.81. The fraction of sp³-hybridized carbons (Fsp3) is 0.532. The van der Waals surface area contributed by atoms with Crippen LogP contribution in [0.2, 0.25) is 0 Å². The topological polar surface area (TPSA) is 91.6 Å². The Morgan fingerprint density at radius 3 is 2.33 bits per heavy atom. The first-order valence-corrected chi connectivity index (χ1v) is 20.9. The number of unbranched alkanes of at least 4 members (excludes halogenated alkanes) is 1. The molecule has 57 heavy (non-hydrogen) atoms. The van der Waals surface area contributed by atoms with Gasteiger partial charge in [-0.3, -0.25) is 9.80 Å². The SMILES string of the molecule is CC.CC(C)C.CC/C=C/C(C)=O.CC/C=C/N=C(Nc1ccc(OC2=CC(C)N(/N=C\C(C)C)C=C2)cc1F)c1nc2c(cc1C)OCC(C)CN2CCCC. The normalized spacial score (nSPS) is 16.6. The Bertz CT molecular complexity index is 1670. The van der Waals surface area contributed by atoms with Crippen LogP contribution in [0.3, 0.4) is 0 Å². The van der Waals surface area contributed by atoms with Crippen molar-refractivity contribution < 1.29 is 18.7 Å². The number of nitrogens with one attached hydrogen (secondary N) is 1. The monoisotopic (exact) mass is 789 g/mol. The third kappa shape index (κ3) is 19.3. The Morgan fingerprint density at radius 2 is 1.77 bits per heavy atom. The number of carbonyl (C=O) groups excluding carboxylic acids is 1. The van der Waals surface area contributed by atoms with Crippen molar-refractivity contribution in [2.75, 3.05) is 29.9 Å². The molecule has 0 bridgehead atoms. The van der Waals surface area contributed by atoms with Crippen LogP contribution in [0.5, 0.6) is 11.5 Å². The number of aliphatic imine (C=N–C) groups is 1. The number of hydrazone groups is 1. The van der Waals surface area contributed by atoms with Crippen molar-refractivity contribution >= 4 is 29.3 Å². The van der Waals surface area contributed by atoms with E-state index in [0.717, 1.165) is 61.8 Å². The van der Waals surface area contributed by atoms with Crippen molar-refractivity contribution in [3.05, 3.63) is 89.9 Å². The van der Waals surface area contributed by atoms with E-state index >= 15 is 4.39 Å². The maximum absolute atomic E-state index is 15.5. The van der Waals surface area contributed by atoms with Gasteiger partial charge in [-0.25, -0.2) is 14.4 Å². The van der Waals surface area contributed by atoms with Crippen molar-refractivity contribution in [1.29, 1.82) is 0 Å². The van der Waals surface area contributed by atoms with Crippen LogP contribution in [-0.2, 0) is 4.79 Å². The second-order valence-electron chi connectivity index (χ2n) is 15.0. The number of rotatable bonds is 13. The Balaban J connectivity index is 0.00000109. The molecule has 316 valence electrons. The van der Waals surface area contributed by atoms with Gasteiger partial charge in [-0.15, -0.1) is 0 Å². The molecule has 9 nitrogen and oxygen atoms in total. The summed E-state index contributed by atoms with van der Waals surface area (Å²) in [5.41, 5.74) is 1.82. The summed E-state index contributed by atoms with van der Waals surface area (Å²) < 4.78 is 27.7. The van der Waals surface area contributed by atoms with Crippen molar-refractivity contribution in [3.8, 4) is 11.5 Å². The molecule has 1 aromatic carbocycles. The highest BCUT2D eigenvalue weighted by atomic mass is 19.1. The highest BCUT2D eigenvalue weighted by Crippen LogP contribution is 2.33. The smallest absolute Gasteiger partial charge is 0.172 e. The minimum Gasteiger partial charge on any atom is -0.489 e. The van der Waals surface area contributed by atoms with Crippen LogP contribution in [0.1, 0.15) is 127 Å². The number of anilines is 2. The van der Waals surface area contributed by atoms with Gasteiger partial charge in [-0.2, -0.15) is 5.10 Å². The molecule has 2 aliphatic rings. The van der Waals surface area contributed by atoms with E-state index in [1.807, 2.05) is 89.3 Å². The molecule has 0 amide bonds. The van der Waals surface area contributed by atoms with E-state index in [1.165, 1.54) is 6.07 Å². The number of fused-ring (bicyclic) bond motifs is 1. The van der Waals surface area contributed by atoms with Crippen molar-refractivity contribution in [1.82, 2.24) is 9.99 Å².